The SMILES string of the molecule is CN1CC2(CCC1=O)CCN(c1nc(C3CC3)nc3c1CCNC3=O)CC2. The summed E-state index contributed by atoms with van der Waals surface area (Å²) in [6.45, 7) is 3.42. The van der Waals surface area contributed by atoms with Gasteiger partial charge in [-0.2, -0.15) is 0 Å². The first kappa shape index (κ1) is 17.0. The van der Waals surface area contributed by atoms with Crippen molar-refractivity contribution in [2.75, 3.05) is 38.1 Å². The number of nitrogens with one attached hydrogen (secondary N) is 1. The molecule has 27 heavy (non-hydrogen) atoms. The lowest BCUT2D eigenvalue weighted by molar-refractivity contribution is -0.136. The highest BCUT2D eigenvalue weighted by atomic mass is 16.2. The number of hydrogen-bond acceptors (Lipinski definition) is 5. The van der Waals surface area contributed by atoms with Crippen molar-refractivity contribution in [3.05, 3.63) is 17.1 Å². The molecule has 1 aliphatic carbocycles. The van der Waals surface area contributed by atoms with E-state index in [2.05, 4.69) is 15.2 Å². The third-order valence-electron chi connectivity index (χ3n) is 6.81. The van der Waals surface area contributed by atoms with Crippen molar-refractivity contribution in [1.29, 1.82) is 0 Å². The number of hydrogen-bond donors (Lipinski definition) is 1. The Bertz CT molecular complexity index is 796. The van der Waals surface area contributed by atoms with Gasteiger partial charge in [0, 0.05) is 51.1 Å². The Kier molecular flexibility index (Phi) is 3.88. The third kappa shape index (κ3) is 2.97. The van der Waals surface area contributed by atoms with Crippen molar-refractivity contribution in [3.63, 3.8) is 0 Å². The van der Waals surface area contributed by atoms with Crippen molar-refractivity contribution >= 4 is 17.6 Å². The Labute approximate surface area is 159 Å². The number of rotatable bonds is 2. The number of anilines is 1. The van der Waals surface area contributed by atoms with Gasteiger partial charge in [-0.15, -0.1) is 0 Å². The van der Waals surface area contributed by atoms with Crippen LogP contribution in [-0.4, -0.2) is 59.9 Å². The fourth-order valence-corrected chi connectivity index (χ4v) is 4.91. The second-order valence-corrected chi connectivity index (χ2v) is 8.75. The van der Waals surface area contributed by atoms with E-state index in [1.54, 1.807) is 0 Å². The van der Waals surface area contributed by atoms with Crippen molar-refractivity contribution in [1.82, 2.24) is 20.2 Å². The summed E-state index contributed by atoms with van der Waals surface area (Å²) in [6, 6.07) is 0. The quantitative estimate of drug-likeness (QED) is 0.854. The predicted molar refractivity (Wildman–Crippen MR) is 101 cm³/mol. The topological polar surface area (TPSA) is 78.4 Å². The van der Waals surface area contributed by atoms with Crippen LogP contribution in [0, 0.1) is 5.41 Å². The Morgan fingerprint density at radius 2 is 1.85 bits per heavy atom. The second kappa shape index (κ2) is 6.17. The monoisotopic (exact) mass is 369 g/mol. The van der Waals surface area contributed by atoms with Crippen LogP contribution in [0.25, 0.3) is 0 Å². The third-order valence-corrected chi connectivity index (χ3v) is 6.81. The lowest BCUT2D eigenvalue weighted by Crippen LogP contribution is -2.50. The van der Waals surface area contributed by atoms with Crippen LogP contribution >= 0.6 is 0 Å². The van der Waals surface area contributed by atoms with Gasteiger partial charge < -0.3 is 15.1 Å². The van der Waals surface area contributed by atoms with Gasteiger partial charge in [0.15, 0.2) is 0 Å². The first-order chi connectivity index (χ1) is 13.0. The minimum atomic E-state index is -0.0531. The Morgan fingerprint density at radius 3 is 2.56 bits per heavy atom. The van der Waals surface area contributed by atoms with E-state index in [1.165, 1.54) is 0 Å². The number of piperidine rings is 2. The molecule has 0 atom stereocenters. The van der Waals surface area contributed by atoms with Crippen molar-refractivity contribution in [3.8, 4) is 0 Å². The fraction of sp³-hybridized carbons (Fsp3) is 0.700. The molecule has 1 N–H and O–H groups in total. The largest absolute Gasteiger partial charge is 0.356 e. The summed E-state index contributed by atoms with van der Waals surface area (Å²) in [5.41, 5.74) is 1.87. The van der Waals surface area contributed by atoms with E-state index in [9.17, 15) is 9.59 Å². The molecule has 1 spiro atoms. The summed E-state index contributed by atoms with van der Waals surface area (Å²) in [6.07, 6.45) is 6.89. The highest BCUT2D eigenvalue weighted by Gasteiger charge is 2.41. The first-order valence-electron chi connectivity index (χ1n) is 10.2. The van der Waals surface area contributed by atoms with Crippen LogP contribution in [0.5, 0.6) is 0 Å². The lowest BCUT2D eigenvalue weighted by atomic mass is 9.72. The van der Waals surface area contributed by atoms with Crippen molar-refractivity contribution in [2.24, 2.45) is 5.41 Å². The molecule has 144 valence electrons. The number of nitrogens with zero attached hydrogens (tertiary/aromatic N) is 4. The maximum absolute atomic E-state index is 12.4. The summed E-state index contributed by atoms with van der Waals surface area (Å²) in [7, 11) is 1.93. The van der Waals surface area contributed by atoms with Crippen LogP contribution in [0.4, 0.5) is 5.82 Å². The second-order valence-electron chi connectivity index (χ2n) is 8.75. The maximum atomic E-state index is 12.4. The van der Waals surface area contributed by atoms with Crippen molar-refractivity contribution in [2.45, 2.75) is 50.9 Å². The zero-order valence-corrected chi connectivity index (χ0v) is 16.0. The van der Waals surface area contributed by atoms with Crippen LogP contribution < -0.4 is 10.2 Å². The van der Waals surface area contributed by atoms with Gasteiger partial charge in [-0.05, 0) is 43.9 Å². The Hall–Kier alpha value is -2.18. The van der Waals surface area contributed by atoms with E-state index in [1.807, 2.05) is 11.9 Å². The minimum Gasteiger partial charge on any atom is -0.356 e. The lowest BCUT2D eigenvalue weighted by Gasteiger charge is -2.47. The van der Waals surface area contributed by atoms with Crippen LogP contribution in [0.1, 0.15) is 66.3 Å². The summed E-state index contributed by atoms with van der Waals surface area (Å²) in [5.74, 6) is 2.49. The van der Waals surface area contributed by atoms with E-state index in [0.29, 0.717) is 24.6 Å². The van der Waals surface area contributed by atoms with Crippen LogP contribution in [0.2, 0.25) is 0 Å². The van der Waals surface area contributed by atoms with Gasteiger partial charge in [0.2, 0.25) is 5.91 Å². The standard InChI is InChI=1S/C20H27N5O2/c1-24-12-20(6-4-15(24)26)7-10-25(11-8-20)18-14-5-9-21-19(27)16(14)22-17(23-18)13-2-3-13/h13H,2-12H2,1H3,(H,21,27). The molecule has 5 rings (SSSR count). The molecule has 7 heteroatoms. The zero-order valence-electron chi connectivity index (χ0n) is 16.0. The van der Waals surface area contributed by atoms with E-state index < -0.39 is 0 Å². The molecule has 3 fully saturated rings. The average Bonchev–Trinajstić information content (AvgIpc) is 3.51. The van der Waals surface area contributed by atoms with E-state index in [0.717, 1.165) is 75.4 Å². The fourth-order valence-electron chi connectivity index (χ4n) is 4.91. The predicted octanol–water partition coefficient (Wildman–Crippen LogP) is 1.48. The molecule has 7 nitrogen and oxygen atoms in total. The number of likely N-dealkylation sites (tertiary alicyclic amines) is 1. The molecule has 0 radical (unpaired) electrons. The van der Waals surface area contributed by atoms with Crippen LogP contribution in [0.15, 0.2) is 0 Å². The van der Waals surface area contributed by atoms with Crippen LogP contribution in [-0.2, 0) is 11.2 Å². The summed E-state index contributed by atoms with van der Waals surface area (Å²) in [5, 5.41) is 2.93. The summed E-state index contributed by atoms with van der Waals surface area (Å²) in [4.78, 5) is 38.1. The molecule has 4 aliphatic rings. The molecular weight excluding hydrogens is 342 g/mol. The highest BCUT2D eigenvalue weighted by Crippen LogP contribution is 2.43. The number of aromatic nitrogens is 2. The summed E-state index contributed by atoms with van der Waals surface area (Å²) >= 11 is 0. The molecule has 0 bridgehead atoms. The number of amides is 2. The molecule has 4 heterocycles. The summed E-state index contributed by atoms with van der Waals surface area (Å²) < 4.78 is 0. The van der Waals surface area contributed by atoms with E-state index in [4.69, 9.17) is 4.98 Å². The minimum absolute atomic E-state index is 0.0531. The zero-order chi connectivity index (χ0) is 18.6. The van der Waals surface area contributed by atoms with Gasteiger partial charge in [-0.25, -0.2) is 9.97 Å². The molecule has 0 unspecified atom stereocenters. The molecular formula is C20H27N5O2. The molecule has 3 aliphatic heterocycles. The smallest absolute Gasteiger partial charge is 0.270 e. The van der Waals surface area contributed by atoms with Gasteiger partial charge in [0.1, 0.15) is 17.3 Å². The average molecular weight is 369 g/mol. The Balaban J connectivity index is 1.41. The van der Waals surface area contributed by atoms with E-state index >= 15 is 0 Å². The molecule has 2 amide bonds. The van der Waals surface area contributed by atoms with Gasteiger partial charge in [-0.1, -0.05) is 0 Å². The van der Waals surface area contributed by atoms with E-state index in [-0.39, 0.29) is 17.2 Å². The first-order valence-corrected chi connectivity index (χ1v) is 10.2. The number of carbonyl (C=O) groups is 2. The Morgan fingerprint density at radius 1 is 1.07 bits per heavy atom. The number of fused-ring (bicyclic) bond motifs is 1. The number of carbonyl (C=O) groups excluding carboxylic acids is 2. The van der Waals surface area contributed by atoms with Gasteiger partial charge in [0.05, 0.1) is 0 Å². The molecule has 1 aromatic rings. The van der Waals surface area contributed by atoms with Crippen LogP contribution in [0.3, 0.4) is 0 Å². The maximum Gasteiger partial charge on any atom is 0.270 e. The normalized spacial score (nSPS) is 24.8. The van der Waals surface area contributed by atoms with Gasteiger partial charge in [0.25, 0.3) is 5.91 Å². The van der Waals surface area contributed by atoms with Gasteiger partial charge >= 0.3 is 0 Å². The molecule has 1 aromatic heterocycles. The molecule has 2 saturated heterocycles. The molecule has 1 saturated carbocycles. The van der Waals surface area contributed by atoms with Crippen molar-refractivity contribution < 1.29 is 9.59 Å². The molecule has 0 aromatic carbocycles. The highest BCUT2D eigenvalue weighted by molar-refractivity contribution is 5.96. The van der Waals surface area contributed by atoms with Gasteiger partial charge in [-0.3, -0.25) is 9.59 Å².